The molecule has 0 saturated heterocycles. The molecule has 152 valence electrons. The Morgan fingerprint density at radius 2 is 1.86 bits per heavy atom. The summed E-state index contributed by atoms with van der Waals surface area (Å²) in [4.78, 5) is 27.3. The molecule has 0 spiro atoms. The molecule has 1 heterocycles. The van der Waals surface area contributed by atoms with Gasteiger partial charge in [0.25, 0.3) is 0 Å². The number of aromatic nitrogens is 1. The predicted molar refractivity (Wildman–Crippen MR) is 113 cm³/mol. The second-order valence-electron chi connectivity index (χ2n) is 6.47. The largest absolute Gasteiger partial charge is 0.488 e. The summed E-state index contributed by atoms with van der Waals surface area (Å²) >= 11 is 0. The smallest absolute Gasteiger partial charge is 0.237 e. The van der Waals surface area contributed by atoms with Gasteiger partial charge in [-0.3, -0.25) is 13.8 Å². The molecule has 2 rings (SSSR count). The lowest BCUT2D eigenvalue weighted by Gasteiger charge is -2.14. The Labute approximate surface area is 168 Å². The van der Waals surface area contributed by atoms with Crippen molar-refractivity contribution in [2.45, 2.75) is 45.8 Å². The standard InChI is InChI=1S/C21H28N2O4S/c1-4-10-27-19-12-22-17(11-18(19)24)13-28(26)14-20(25)23-21-15(5-2)8-7-9-16(21)6-3/h7-9,11-12H,4-6,10,13-14H2,1-3H3,(H,22,24)(H,23,25). The van der Waals surface area contributed by atoms with E-state index >= 15 is 0 Å². The molecule has 0 bridgehead atoms. The van der Waals surface area contributed by atoms with Gasteiger partial charge in [0.05, 0.1) is 12.4 Å². The molecular weight excluding hydrogens is 376 g/mol. The number of aromatic amines is 1. The second-order valence-corrected chi connectivity index (χ2v) is 7.93. The highest BCUT2D eigenvalue weighted by Gasteiger charge is 2.14. The third-order valence-electron chi connectivity index (χ3n) is 4.27. The van der Waals surface area contributed by atoms with E-state index in [9.17, 15) is 13.8 Å². The van der Waals surface area contributed by atoms with Gasteiger partial charge in [0.2, 0.25) is 11.3 Å². The Kier molecular flexibility index (Phi) is 8.44. The molecule has 0 aliphatic heterocycles. The number of pyridine rings is 1. The highest BCUT2D eigenvalue weighted by atomic mass is 32.2. The lowest BCUT2D eigenvalue weighted by molar-refractivity contribution is -0.113. The van der Waals surface area contributed by atoms with Crippen LogP contribution in [-0.2, 0) is 34.2 Å². The van der Waals surface area contributed by atoms with Gasteiger partial charge in [0.15, 0.2) is 5.75 Å². The van der Waals surface area contributed by atoms with Gasteiger partial charge in [-0.05, 0) is 30.4 Å². The van der Waals surface area contributed by atoms with Gasteiger partial charge < -0.3 is 15.0 Å². The molecule has 1 atom stereocenters. The van der Waals surface area contributed by atoms with Crippen molar-refractivity contribution >= 4 is 22.4 Å². The van der Waals surface area contributed by atoms with Gasteiger partial charge in [-0.2, -0.15) is 0 Å². The Balaban J connectivity index is 1.99. The van der Waals surface area contributed by atoms with Gasteiger partial charge in [0, 0.05) is 34.4 Å². The fraction of sp³-hybridized carbons (Fsp3) is 0.429. The fourth-order valence-corrected chi connectivity index (χ4v) is 3.84. The van der Waals surface area contributed by atoms with Crippen molar-refractivity contribution < 1.29 is 13.7 Å². The molecule has 0 saturated carbocycles. The van der Waals surface area contributed by atoms with Crippen molar-refractivity contribution in [2.24, 2.45) is 0 Å². The Hall–Kier alpha value is -2.41. The maximum Gasteiger partial charge on any atom is 0.237 e. The van der Waals surface area contributed by atoms with Crippen molar-refractivity contribution in [3.8, 4) is 5.75 Å². The molecule has 1 amide bonds. The molecule has 2 aromatic rings. The number of carbonyl (C=O) groups excluding carboxylic acids is 1. The van der Waals surface area contributed by atoms with Crippen molar-refractivity contribution in [2.75, 3.05) is 17.7 Å². The second kappa shape index (κ2) is 10.8. The number of hydrogen-bond acceptors (Lipinski definition) is 4. The van der Waals surface area contributed by atoms with Crippen LogP contribution in [0, 0.1) is 0 Å². The number of hydrogen-bond donors (Lipinski definition) is 2. The van der Waals surface area contributed by atoms with Crippen molar-refractivity contribution in [3.05, 3.63) is 57.5 Å². The SMILES string of the molecule is CCCOc1c[nH]c(CS(=O)CC(=O)Nc2c(CC)cccc2CC)cc1=O. The molecule has 6 nitrogen and oxygen atoms in total. The molecular formula is C21H28N2O4S. The average molecular weight is 405 g/mol. The predicted octanol–water partition coefficient (Wildman–Crippen LogP) is 3.18. The zero-order valence-corrected chi connectivity index (χ0v) is 17.5. The summed E-state index contributed by atoms with van der Waals surface area (Å²) in [6.07, 6.45) is 3.90. The van der Waals surface area contributed by atoms with E-state index in [4.69, 9.17) is 4.74 Å². The first kappa shape index (κ1) is 21.9. The summed E-state index contributed by atoms with van der Waals surface area (Å²) < 4.78 is 17.7. The van der Waals surface area contributed by atoms with Crippen LogP contribution in [0.1, 0.15) is 44.0 Å². The highest BCUT2D eigenvalue weighted by molar-refractivity contribution is 7.84. The van der Waals surface area contributed by atoms with Crippen molar-refractivity contribution in [1.29, 1.82) is 0 Å². The number of rotatable bonds is 10. The summed E-state index contributed by atoms with van der Waals surface area (Å²) in [5.74, 6) is -0.0686. The first-order chi connectivity index (χ1) is 13.5. The van der Waals surface area contributed by atoms with E-state index in [-0.39, 0.29) is 28.6 Å². The molecule has 1 aromatic heterocycles. The number of nitrogens with one attached hydrogen (secondary N) is 2. The third kappa shape index (κ3) is 6.05. The van der Waals surface area contributed by atoms with E-state index in [0.29, 0.717) is 12.3 Å². The molecule has 2 N–H and O–H groups in total. The van der Waals surface area contributed by atoms with Crippen LogP contribution >= 0.6 is 0 Å². The van der Waals surface area contributed by atoms with Crippen molar-refractivity contribution in [3.63, 3.8) is 0 Å². The maximum absolute atomic E-state index is 12.4. The molecule has 0 radical (unpaired) electrons. The van der Waals surface area contributed by atoms with E-state index in [1.54, 1.807) is 0 Å². The summed E-state index contributed by atoms with van der Waals surface area (Å²) in [6, 6.07) is 7.33. The van der Waals surface area contributed by atoms with Crippen molar-refractivity contribution in [1.82, 2.24) is 4.98 Å². The minimum absolute atomic E-state index is 0.104. The quantitative estimate of drug-likeness (QED) is 0.637. The number of ether oxygens (including phenoxy) is 1. The summed E-state index contributed by atoms with van der Waals surface area (Å²) in [7, 11) is -1.44. The maximum atomic E-state index is 12.4. The van der Waals surface area contributed by atoms with E-state index in [1.165, 1.54) is 12.3 Å². The van der Waals surface area contributed by atoms with Gasteiger partial charge in [-0.15, -0.1) is 0 Å². The third-order valence-corrected chi connectivity index (χ3v) is 5.49. The number of amides is 1. The average Bonchev–Trinajstić information content (AvgIpc) is 2.67. The highest BCUT2D eigenvalue weighted by Crippen LogP contribution is 2.22. The van der Waals surface area contributed by atoms with Crippen LogP contribution in [-0.4, -0.2) is 27.5 Å². The summed E-state index contributed by atoms with van der Waals surface area (Å²) in [5, 5.41) is 2.92. The summed E-state index contributed by atoms with van der Waals surface area (Å²) in [5.41, 5.74) is 3.20. The normalized spacial score (nSPS) is 11.8. The molecule has 28 heavy (non-hydrogen) atoms. The van der Waals surface area contributed by atoms with E-state index in [0.717, 1.165) is 36.1 Å². The van der Waals surface area contributed by atoms with Crippen LogP contribution in [0.4, 0.5) is 5.69 Å². The van der Waals surface area contributed by atoms with Crippen LogP contribution in [0.5, 0.6) is 5.75 Å². The minimum Gasteiger partial charge on any atom is -0.488 e. The molecule has 0 aliphatic carbocycles. The molecule has 1 aromatic carbocycles. The summed E-state index contributed by atoms with van der Waals surface area (Å²) in [6.45, 7) is 6.49. The first-order valence-electron chi connectivity index (χ1n) is 9.58. The van der Waals surface area contributed by atoms with Crippen LogP contribution in [0.25, 0.3) is 0 Å². The monoisotopic (exact) mass is 404 g/mol. The number of aryl methyl sites for hydroxylation is 2. The Bertz CT molecular complexity index is 870. The van der Waals surface area contributed by atoms with E-state index in [1.807, 2.05) is 39.0 Å². The van der Waals surface area contributed by atoms with Gasteiger partial charge in [-0.1, -0.05) is 39.0 Å². The van der Waals surface area contributed by atoms with Crippen LogP contribution in [0.2, 0.25) is 0 Å². The molecule has 0 aliphatic rings. The van der Waals surface area contributed by atoms with Crippen LogP contribution in [0.3, 0.4) is 0 Å². The Morgan fingerprint density at radius 1 is 1.18 bits per heavy atom. The number of benzene rings is 1. The zero-order chi connectivity index (χ0) is 20.5. The Morgan fingerprint density at radius 3 is 2.43 bits per heavy atom. The van der Waals surface area contributed by atoms with Crippen LogP contribution in [0.15, 0.2) is 35.3 Å². The minimum atomic E-state index is -1.44. The zero-order valence-electron chi connectivity index (χ0n) is 16.7. The van der Waals surface area contributed by atoms with Gasteiger partial charge in [-0.25, -0.2) is 0 Å². The lowest BCUT2D eigenvalue weighted by Crippen LogP contribution is -2.22. The van der Waals surface area contributed by atoms with E-state index in [2.05, 4.69) is 10.3 Å². The number of anilines is 1. The van der Waals surface area contributed by atoms with Gasteiger partial charge >= 0.3 is 0 Å². The number of para-hydroxylation sites is 1. The fourth-order valence-electron chi connectivity index (χ4n) is 2.86. The number of carbonyl (C=O) groups is 1. The first-order valence-corrected chi connectivity index (χ1v) is 11.1. The number of H-pyrrole nitrogens is 1. The topological polar surface area (TPSA) is 88.3 Å². The van der Waals surface area contributed by atoms with Gasteiger partial charge in [0.1, 0.15) is 5.75 Å². The van der Waals surface area contributed by atoms with E-state index < -0.39 is 10.8 Å². The molecule has 0 fully saturated rings. The van der Waals surface area contributed by atoms with Crippen LogP contribution < -0.4 is 15.5 Å². The molecule has 1 unspecified atom stereocenters. The molecule has 7 heteroatoms. The lowest BCUT2D eigenvalue weighted by atomic mass is 10.0.